The summed E-state index contributed by atoms with van der Waals surface area (Å²) < 4.78 is 18.8. The van der Waals surface area contributed by atoms with Crippen molar-refractivity contribution in [2.24, 2.45) is 11.1 Å². The first-order valence-corrected chi connectivity index (χ1v) is 6.91. The maximum atomic E-state index is 13.0. The molecule has 3 N–H and O–H groups in total. The summed E-state index contributed by atoms with van der Waals surface area (Å²) in [6.45, 7) is 1.35. The van der Waals surface area contributed by atoms with Gasteiger partial charge in [0.1, 0.15) is 5.82 Å². The summed E-state index contributed by atoms with van der Waals surface area (Å²) in [7, 11) is 0. The molecular formula is C13H16BrFN2O2. The molecule has 0 aromatic heterocycles. The van der Waals surface area contributed by atoms with Crippen LogP contribution in [-0.2, 0) is 9.53 Å². The van der Waals surface area contributed by atoms with Gasteiger partial charge in [0.15, 0.2) is 0 Å². The fourth-order valence-corrected chi connectivity index (χ4v) is 2.58. The Morgan fingerprint density at radius 3 is 2.74 bits per heavy atom. The van der Waals surface area contributed by atoms with Crippen molar-refractivity contribution in [3.63, 3.8) is 0 Å². The summed E-state index contributed by atoms with van der Waals surface area (Å²) in [4.78, 5) is 12.4. The molecule has 0 aliphatic carbocycles. The van der Waals surface area contributed by atoms with Crippen molar-refractivity contribution in [3.8, 4) is 0 Å². The standard InChI is InChI=1S/C13H16BrFN2O2/c14-10-7-9(15)1-2-11(10)17-12(18)13(8-16)3-5-19-6-4-13/h1-2,7H,3-6,8,16H2,(H,17,18). The Hall–Kier alpha value is -0.980. The van der Waals surface area contributed by atoms with Crippen molar-refractivity contribution in [3.05, 3.63) is 28.5 Å². The average molecular weight is 331 g/mol. The summed E-state index contributed by atoms with van der Waals surface area (Å²) >= 11 is 3.23. The van der Waals surface area contributed by atoms with Crippen LogP contribution in [0.15, 0.2) is 22.7 Å². The molecule has 1 aliphatic rings. The van der Waals surface area contributed by atoms with Gasteiger partial charge < -0.3 is 15.8 Å². The van der Waals surface area contributed by atoms with Crippen molar-refractivity contribution >= 4 is 27.5 Å². The number of halogens is 2. The molecule has 0 saturated carbocycles. The lowest BCUT2D eigenvalue weighted by atomic mass is 9.79. The van der Waals surface area contributed by atoms with Gasteiger partial charge in [0.25, 0.3) is 0 Å². The topological polar surface area (TPSA) is 64.4 Å². The van der Waals surface area contributed by atoms with E-state index in [1.165, 1.54) is 18.2 Å². The van der Waals surface area contributed by atoms with Gasteiger partial charge in [-0.3, -0.25) is 4.79 Å². The van der Waals surface area contributed by atoms with Gasteiger partial charge in [-0.1, -0.05) is 0 Å². The number of nitrogens with two attached hydrogens (primary N) is 1. The largest absolute Gasteiger partial charge is 0.381 e. The number of amides is 1. The van der Waals surface area contributed by atoms with Crippen molar-refractivity contribution in [1.29, 1.82) is 0 Å². The normalized spacial score (nSPS) is 18.1. The highest BCUT2D eigenvalue weighted by Gasteiger charge is 2.38. The molecule has 2 rings (SSSR count). The number of rotatable bonds is 3. The van der Waals surface area contributed by atoms with Crippen LogP contribution in [-0.4, -0.2) is 25.7 Å². The lowest BCUT2D eigenvalue weighted by Crippen LogP contribution is -2.46. The SMILES string of the molecule is NCC1(C(=O)Nc2ccc(F)cc2Br)CCOCC1. The molecular weight excluding hydrogens is 315 g/mol. The molecule has 0 bridgehead atoms. The van der Waals surface area contributed by atoms with E-state index in [2.05, 4.69) is 21.2 Å². The first-order chi connectivity index (χ1) is 9.07. The van der Waals surface area contributed by atoms with E-state index < -0.39 is 5.41 Å². The summed E-state index contributed by atoms with van der Waals surface area (Å²) in [6.07, 6.45) is 1.21. The number of benzene rings is 1. The van der Waals surface area contributed by atoms with Crippen LogP contribution in [0.4, 0.5) is 10.1 Å². The molecule has 1 amide bonds. The van der Waals surface area contributed by atoms with Gasteiger partial charge in [0, 0.05) is 24.2 Å². The Morgan fingerprint density at radius 2 is 2.16 bits per heavy atom. The second-order valence-corrected chi connectivity index (χ2v) is 5.53. The zero-order chi connectivity index (χ0) is 13.9. The molecule has 1 aliphatic heterocycles. The minimum atomic E-state index is -0.591. The molecule has 1 fully saturated rings. The Kier molecular flexibility index (Phi) is 4.54. The van der Waals surface area contributed by atoms with Crippen LogP contribution in [0.25, 0.3) is 0 Å². The van der Waals surface area contributed by atoms with Gasteiger partial charge in [-0.25, -0.2) is 4.39 Å². The minimum absolute atomic E-state index is 0.134. The van der Waals surface area contributed by atoms with Crippen molar-refractivity contribution in [1.82, 2.24) is 0 Å². The Labute approximate surface area is 119 Å². The maximum absolute atomic E-state index is 13.0. The van der Waals surface area contributed by atoms with Crippen LogP contribution in [0.3, 0.4) is 0 Å². The highest BCUT2D eigenvalue weighted by molar-refractivity contribution is 9.10. The van der Waals surface area contributed by atoms with E-state index in [1.54, 1.807) is 0 Å². The molecule has 4 nitrogen and oxygen atoms in total. The molecule has 1 aromatic carbocycles. The first-order valence-electron chi connectivity index (χ1n) is 6.12. The molecule has 1 heterocycles. The van der Waals surface area contributed by atoms with E-state index in [1.807, 2.05) is 0 Å². The van der Waals surface area contributed by atoms with Crippen LogP contribution in [0, 0.1) is 11.2 Å². The Morgan fingerprint density at radius 1 is 1.47 bits per heavy atom. The second-order valence-electron chi connectivity index (χ2n) is 4.68. The van der Waals surface area contributed by atoms with Gasteiger partial charge in [-0.05, 0) is 47.0 Å². The Balaban J connectivity index is 2.15. The van der Waals surface area contributed by atoms with Crippen LogP contribution in [0.2, 0.25) is 0 Å². The highest BCUT2D eigenvalue weighted by Crippen LogP contribution is 2.32. The predicted molar refractivity (Wildman–Crippen MR) is 74.3 cm³/mol. The molecule has 0 unspecified atom stereocenters. The summed E-state index contributed by atoms with van der Waals surface area (Å²) in [5.74, 6) is -0.491. The van der Waals surface area contributed by atoms with E-state index in [0.29, 0.717) is 36.2 Å². The second kappa shape index (κ2) is 5.98. The minimum Gasteiger partial charge on any atom is -0.381 e. The Bertz CT molecular complexity index is 476. The van der Waals surface area contributed by atoms with Crippen molar-refractivity contribution < 1.29 is 13.9 Å². The number of nitrogens with one attached hydrogen (secondary N) is 1. The summed E-state index contributed by atoms with van der Waals surface area (Å²) in [5, 5.41) is 2.81. The quantitative estimate of drug-likeness (QED) is 0.893. The van der Waals surface area contributed by atoms with Gasteiger partial charge in [-0.15, -0.1) is 0 Å². The first kappa shape index (κ1) is 14.4. The monoisotopic (exact) mass is 330 g/mol. The molecule has 1 saturated heterocycles. The van der Waals surface area contributed by atoms with Gasteiger partial charge in [0.2, 0.25) is 5.91 Å². The van der Waals surface area contributed by atoms with Crippen molar-refractivity contribution in [2.75, 3.05) is 25.1 Å². The van der Waals surface area contributed by atoms with Crippen LogP contribution < -0.4 is 11.1 Å². The van der Waals surface area contributed by atoms with Crippen molar-refractivity contribution in [2.45, 2.75) is 12.8 Å². The lowest BCUT2D eigenvalue weighted by Gasteiger charge is -2.34. The van der Waals surface area contributed by atoms with E-state index in [9.17, 15) is 9.18 Å². The third kappa shape index (κ3) is 3.13. The number of hydrogen-bond acceptors (Lipinski definition) is 3. The number of carbonyl (C=O) groups excluding carboxylic acids is 1. The third-order valence-corrected chi connectivity index (χ3v) is 4.16. The number of hydrogen-bond donors (Lipinski definition) is 2. The zero-order valence-electron chi connectivity index (χ0n) is 10.4. The molecule has 0 spiro atoms. The van der Waals surface area contributed by atoms with Gasteiger partial charge in [-0.2, -0.15) is 0 Å². The van der Waals surface area contributed by atoms with Crippen LogP contribution in [0.5, 0.6) is 0 Å². The smallest absolute Gasteiger partial charge is 0.232 e. The van der Waals surface area contributed by atoms with Crippen LogP contribution >= 0.6 is 15.9 Å². The maximum Gasteiger partial charge on any atom is 0.232 e. The predicted octanol–water partition coefficient (Wildman–Crippen LogP) is 2.28. The summed E-state index contributed by atoms with van der Waals surface area (Å²) in [6, 6.07) is 4.15. The fourth-order valence-electron chi connectivity index (χ4n) is 2.13. The highest BCUT2D eigenvalue weighted by atomic mass is 79.9. The van der Waals surface area contributed by atoms with Gasteiger partial charge in [0.05, 0.1) is 11.1 Å². The van der Waals surface area contributed by atoms with Gasteiger partial charge >= 0.3 is 0 Å². The molecule has 0 radical (unpaired) electrons. The number of ether oxygens (including phenoxy) is 1. The zero-order valence-corrected chi connectivity index (χ0v) is 12.0. The van der Waals surface area contributed by atoms with E-state index in [-0.39, 0.29) is 18.3 Å². The number of carbonyl (C=O) groups is 1. The molecule has 6 heteroatoms. The fraction of sp³-hybridized carbons (Fsp3) is 0.462. The summed E-state index contributed by atoms with van der Waals surface area (Å²) in [5.41, 5.74) is 5.72. The average Bonchev–Trinajstić information content (AvgIpc) is 2.42. The van der Waals surface area contributed by atoms with Crippen LogP contribution in [0.1, 0.15) is 12.8 Å². The molecule has 19 heavy (non-hydrogen) atoms. The van der Waals surface area contributed by atoms with E-state index in [0.717, 1.165) is 0 Å². The van der Waals surface area contributed by atoms with E-state index >= 15 is 0 Å². The lowest BCUT2D eigenvalue weighted by molar-refractivity contribution is -0.130. The van der Waals surface area contributed by atoms with E-state index in [4.69, 9.17) is 10.5 Å². The molecule has 0 atom stereocenters. The molecule has 104 valence electrons. The third-order valence-electron chi connectivity index (χ3n) is 3.50. The number of anilines is 1. The molecule has 1 aromatic rings.